The van der Waals surface area contributed by atoms with Gasteiger partial charge in [0.05, 0.1) is 10.6 Å². The molecule has 0 saturated heterocycles. The maximum Gasteiger partial charge on any atom is 0.324 e. The van der Waals surface area contributed by atoms with E-state index in [0.29, 0.717) is 23.4 Å². The third kappa shape index (κ3) is 3.04. The Balaban J connectivity index is 2.15. The molecule has 0 fully saturated rings. The summed E-state index contributed by atoms with van der Waals surface area (Å²) in [6.45, 7) is 2.57. The molecule has 3 aromatic rings. The molecule has 0 amide bonds. The standard InChI is InChI=1S/C14H12IN5O3/c1-2-16-10-7-11(17-9-5-3-8(15)4-6-9)14(20(21)22)13-12(10)18-23-19-13/h3-7,16-17H,2H2,1H3. The molecule has 0 bridgehead atoms. The van der Waals surface area contributed by atoms with Gasteiger partial charge in [-0.3, -0.25) is 10.1 Å². The molecule has 1 heterocycles. The second kappa shape index (κ2) is 6.36. The van der Waals surface area contributed by atoms with E-state index in [0.717, 1.165) is 9.26 Å². The van der Waals surface area contributed by atoms with Gasteiger partial charge in [0, 0.05) is 15.8 Å². The second-order valence-corrected chi connectivity index (χ2v) is 5.95. The number of benzene rings is 2. The molecule has 0 aliphatic heterocycles. The van der Waals surface area contributed by atoms with Crippen LogP contribution in [0.3, 0.4) is 0 Å². The van der Waals surface area contributed by atoms with E-state index in [-0.39, 0.29) is 11.2 Å². The molecule has 0 radical (unpaired) electrons. The molecule has 2 aromatic carbocycles. The van der Waals surface area contributed by atoms with Gasteiger partial charge in [0.2, 0.25) is 5.52 Å². The van der Waals surface area contributed by atoms with Crippen molar-refractivity contribution in [3.63, 3.8) is 0 Å². The molecule has 118 valence electrons. The summed E-state index contributed by atoms with van der Waals surface area (Å²) in [5.74, 6) is 0. The van der Waals surface area contributed by atoms with Crippen LogP contribution in [-0.4, -0.2) is 21.8 Å². The first-order valence-corrected chi connectivity index (χ1v) is 7.88. The van der Waals surface area contributed by atoms with E-state index < -0.39 is 4.92 Å². The summed E-state index contributed by atoms with van der Waals surface area (Å²) < 4.78 is 5.77. The van der Waals surface area contributed by atoms with Crippen LogP contribution in [0.1, 0.15) is 6.92 Å². The third-order valence-corrected chi connectivity index (χ3v) is 3.90. The molecular weight excluding hydrogens is 413 g/mol. The molecule has 0 unspecified atom stereocenters. The smallest absolute Gasteiger partial charge is 0.324 e. The number of hydrogen-bond acceptors (Lipinski definition) is 7. The molecule has 0 aliphatic carbocycles. The molecule has 0 aliphatic rings. The summed E-state index contributed by atoms with van der Waals surface area (Å²) in [6.07, 6.45) is 0. The molecule has 0 saturated carbocycles. The van der Waals surface area contributed by atoms with Crippen molar-refractivity contribution < 1.29 is 9.55 Å². The van der Waals surface area contributed by atoms with Crippen LogP contribution in [-0.2, 0) is 0 Å². The lowest BCUT2D eigenvalue weighted by molar-refractivity contribution is -0.382. The minimum Gasteiger partial charge on any atom is -0.383 e. The number of fused-ring (bicyclic) bond motifs is 1. The highest BCUT2D eigenvalue weighted by Gasteiger charge is 2.25. The lowest BCUT2D eigenvalue weighted by atomic mass is 10.2. The van der Waals surface area contributed by atoms with Gasteiger partial charge >= 0.3 is 5.69 Å². The molecule has 0 atom stereocenters. The Bertz CT molecular complexity index is 863. The Kier molecular flexibility index (Phi) is 4.28. The molecule has 0 spiro atoms. The first-order chi connectivity index (χ1) is 11.1. The Morgan fingerprint density at radius 2 is 1.91 bits per heavy atom. The molecule has 9 heteroatoms. The summed E-state index contributed by atoms with van der Waals surface area (Å²) in [6, 6.07) is 9.17. The summed E-state index contributed by atoms with van der Waals surface area (Å²) in [7, 11) is 0. The number of nitrogens with zero attached hydrogens (tertiary/aromatic N) is 3. The van der Waals surface area contributed by atoms with Gasteiger partial charge in [-0.15, -0.1) is 0 Å². The highest BCUT2D eigenvalue weighted by atomic mass is 127. The predicted molar refractivity (Wildman–Crippen MR) is 95.1 cm³/mol. The van der Waals surface area contributed by atoms with Crippen LogP contribution in [0.2, 0.25) is 0 Å². The minimum absolute atomic E-state index is 0.112. The Morgan fingerprint density at radius 3 is 2.57 bits per heavy atom. The number of halogens is 1. The molecular formula is C14H12IN5O3. The van der Waals surface area contributed by atoms with Crippen LogP contribution in [0.5, 0.6) is 0 Å². The highest BCUT2D eigenvalue weighted by Crippen LogP contribution is 2.38. The Hall–Kier alpha value is -2.43. The lowest BCUT2D eigenvalue weighted by Gasteiger charge is -2.10. The van der Waals surface area contributed by atoms with Crippen LogP contribution in [0.4, 0.5) is 22.7 Å². The number of nitrogens with one attached hydrogen (secondary N) is 2. The van der Waals surface area contributed by atoms with Crippen LogP contribution in [0.25, 0.3) is 11.0 Å². The van der Waals surface area contributed by atoms with Gasteiger partial charge in [-0.2, -0.15) is 0 Å². The van der Waals surface area contributed by atoms with Crippen molar-refractivity contribution >= 4 is 56.4 Å². The highest BCUT2D eigenvalue weighted by molar-refractivity contribution is 14.1. The zero-order valence-electron chi connectivity index (χ0n) is 12.0. The lowest BCUT2D eigenvalue weighted by Crippen LogP contribution is -2.03. The van der Waals surface area contributed by atoms with Crippen molar-refractivity contribution in [2.24, 2.45) is 0 Å². The molecule has 2 N–H and O–H groups in total. The van der Waals surface area contributed by atoms with E-state index in [4.69, 9.17) is 4.63 Å². The quantitative estimate of drug-likeness (QED) is 0.363. The molecule has 8 nitrogen and oxygen atoms in total. The van der Waals surface area contributed by atoms with Crippen molar-refractivity contribution in [2.75, 3.05) is 17.2 Å². The van der Waals surface area contributed by atoms with E-state index in [2.05, 4.69) is 43.5 Å². The molecule has 1 aromatic heterocycles. The minimum atomic E-state index is -0.489. The number of rotatable bonds is 5. The van der Waals surface area contributed by atoms with E-state index in [1.807, 2.05) is 31.2 Å². The topological polar surface area (TPSA) is 106 Å². The SMILES string of the molecule is CCNc1cc(Nc2ccc(I)cc2)c([N+](=O)[O-])c2nonc12. The summed E-state index contributed by atoms with van der Waals surface area (Å²) in [4.78, 5) is 11.0. The number of hydrogen-bond donors (Lipinski definition) is 2. The first kappa shape index (κ1) is 15.5. The van der Waals surface area contributed by atoms with Crippen molar-refractivity contribution in [3.8, 4) is 0 Å². The van der Waals surface area contributed by atoms with E-state index in [1.165, 1.54) is 0 Å². The predicted octanol–water partition coefficient (Wildman–Crippen LogP) is 3.91. The maximum atomic E-state index is 11.5. The van der Waals surface area contributed by atoms with Crippen LogP contribution >= 0.6 is 22.6 Å². The number of nitro groups is 1. The van der Waals surface area contributed by atoms with E-state index in [9.17, 15) is 10.1 Å². The van der Waals surface area contributed by atoms with Crippen molar-refractivity contribution in [3.05, 3.63) is 44.0 Å². The zero-order chi connectivity index (χ0) is 16.4. The van der Waals surface area contributed by atoms with Crippen molar-refractivity contribution in [1.29, 1.82) is 0 Å². The van der Waals surface area contributed by atoms with Crippen molar-refractivity contribution in [1.82, 2.24) is 10.3 Å². The Labute approximate surface area is 144 Å². The fourth-order valence-electron chi connectivity index (χ4n) is 2.22. The average Bonchev–Trinajstić information content (AvgIpc) is 2.99. The fourth-order valence-corrected chi connectivity index (χ4v) is 2.58. The van der Waals surface area contributed by atoms with Gasteiger partial charge in [0.1, 0.15) is 5.69 Å². The van der Waals surface area contributed by atoms with Crippen LogP contribution in [0, 0.1) is 13.7 Å². The largest absolute Gasteiger partial charge is 0.383 e. The van der Waals surface area contributed by atoms with E-state index in [1.54, 1.807) is 6.07 Å². The number of nitro benzene ring substituents is 1. The van der Waals surface area contributed by atoms with E-state index >= 15 is 0 Å². The number of aromatic nitrogens is 2. The third-order valence-electron chi connectivity index (χ3n) is 3.18. The molecule has 23 heavy (non-hydrogen) atoms. The van der Waals surface area contributed by atoms with Gasteiger partial charge in [-0.1, -0.05) is 0 Å². The van der Waals surface area contributed by atoms with Gasteiger partial charge < -0.3 is 10.6 Å². The number of anilines is 3. The maximum absolute atomic E-state index is 11.5. The van der Waals surface area contributed by atoms with Crippen LogP contribution < -0.4 is 10.6 Å². The van der Waals surface area contributed by atoms with Crippen molar-refractivity contribution in [2.45, 2.75) is 6.92 Å². The normalized spacial score (nSPS) is 10.7. The Morgan fingerprint density at radius 1 is 1.22 bits per heavy atom. The fraction of sp³-hybridized carbons (Fsp3) is 0.143. The van der Waals surface area contributed by atoms with Gasteiger partial charge in [-0.25, -0.2) is 4.63 Å². The molecule has 3 rings (SSSR count). The average molecular weight is 425 g/mol. The monoisotopic (exact) mass is 425 g/mol. The summed E-state index contributed by atoms with van der Waals surface area (Å²) in [5, 5.41) is 25.1. The van der Waals surface area contributed by atoms with Gasteiger partial charge in [0.15, 0.2) is 5.52 Å². The first-order valence-electron chi connectivity index (χ1n) is 6.80. The summed E-state index contributed by atoms with van der Waals surface area (Å²) in [5.41, 5.74) is 1.99. The van der Waals surface area contributed by atoms with Gasteiger partial charge in [-0.05, 0) is 70.2 Å². The van der Waals surface area contributed by atoms with Gasteiger partial charge in [0.25, 0.3) is 0 Å². The van der Waals surface area contributed by atoms with Crippen LogP contribution in [0.15, 0.2) is 35.0 Å². The second-order valence-electron chi connectivity index (χ2n) is 4.70. The zero-order valence-corrected chi connectivity index (χ0v) is 14.2. The summed E-state index contributed by atoms with van der Waals surface area (Å²) >= 11 is 2.20.